The minimum Gasteiger partial charge on any atom is -0.405 e. The van der Waals surface area contributed by atoms with Crippen molar-refractivity contribution < 1.29 is 22.5 Å². The summed E-state index contributed by atoms with van der Waals surface area (Å²) in [5, 5.41) is 0.0621. The molecular weight excluding hydrogens is 254 g/mol. The number of alkyl halides is 3. The third-order valence-corrected chi connectivity index (χ3v) is 3.60. The number of benzene rings is 1. The third-order valence-electron chi connectivity index (χ3n) is 2.07. The third kappa shape index (κ3) is 4.06. The molecule has 1 rings (SSSR count). The van der Waals surface area contributed by atoms with E-state index in [1.807, 2.05) is 0 Å². The van der Waals surface area contributed by atoms with Crippen molar-refractivity contribution in [1.29, 1.82) is 0 Å². The summed E-state index contributed by atoms with van der Waals surface area (Å²) in [4.78, 5) is 0. The van der Waals surface area contributed by atoms with Crippen LogP contribution in [0.3, 0.4) is 0 Å². The predicted molar refractivity (Wildman–Crippen MR) is 60.1 cm³/mol. The van der Waals surface area contributed by atoms with Gasteiger partial charge in [0.15, 0.2) is 0 Å². The number of halogens is 3. The number of hydrogen-bond donors (Lipinski definition) is 1. The monoisotopic (exact) mass is 267 g/mol. The maximum Gasteiger partial charge on any atom is 0.573 e. The number of ether oxygens (including phenoxy) is 1. The van der Waals surface area contributed by atoms with Gasteiger partial charge in [-0.3, -0.25) is 0 Å². The first-order valence-corrected chi connectivity index (χ1v) is 7.38. The summed E-state index contributed by atoms with van der Waals surface area (Å²) < 4.78 is 52.3. The van der Waals surface area contributed by atoms with Gasteiger partial charge in [-0.2, -0.15) is 0 Å². The molecule has 17 heavy (non-hydrogen) atoms. The first-order chi connectivity index (χ1) is 7.63. The summed E-state index contributed by atoms with van der Waals surface area (Å²) in [5.41, 5.74) is 5.82. The molecule has 0 heterocycles. The van der Waals surface area contributed by atoms with Crippen LogP contribution in [0.4, 0.5) is 13.2 Å². The first-order valence-electron chi connectivity index (χ1n) is 4.78. The molecule has 0 bridgehead atoms. The Morgan fingerprint density at radius 1 is 1.35 bits per heavy atom. The molecule has 1 aromatic rings. The minimum atomic E-state index is -4.81. The van der Waals surface area contributed by atoms with E-state index in [9.17, 15) is 17.7 Å². The molecule has 0 saturated carbocycles. The van der Waals surface area contributed by atoms with Gasteiger partial charge in [0.25, 0.3) is 0 Å². The maximum absolute atomic E-state index is 12.2. The Hall–Kier alpha value is -1.00. The molecule has 0 atom stereocenters. The molecule has 0 spiro atoms. The lowest BCUT2D eigenvalue weighted by molar-refractivity contribution is -0.274. The van der Waals surface area contributed by atoms with Crippen LogP contribution >= 0.6 is 7.14 Å². The van der Waals surface area contributed by atoms with Crippen molar-refractivity contribution in [3.8, 4) is 5.75 Å². The van der Waals surface area contributed by atoms with Crippen LogP contribution in [-0.2, 0) is 11.1 Å². The van der Waals surface area contributed by atoms with Crippen molar-refractivity contribution >= 4 is 12.4 Å². The molecule has 0 radical (unpaired) electrons. The van der Waals surface area contributed by atoms with Crippen LogP contribution in [0.1, 0.15) is 5.56 Å². The average Bonchev–Trinajstić information content (AvgIpc) is 2.13. The Bertz CT molecular complexity index is 453. The Balaban J connectivity index is 3.27. The fourth-order valence-electron chi connectivity index (χ4n) is 1.34. The van der Waals surface area contributed by atoms with Crippen LogP contribution in [0, 0.1) is 0 Å². The van der Waals surface area contributed by atoms with E-state index in [2.05, 4.69) is 4.74 Å². The van der Waals surface area contributed by atoms with Crippen molar-refractivity contribution in [2.75, 3.05) is 13.3 Å². The van der Waals surface area contributed by atoms with E-state index < -0.39 is 19.3 Å². The molecule has 0 aliphatic carbocycles. The summed E-state index contributed by atoms with van der Waals surface area (Å²) in [7, 11) is -2.84. The lowest BCUT2D eigenvalue weighted by Gasteiger charge is -2.16. The zero-order valence-electron chi connectivity index (χ0n) is 9.41. The molecule has 3 nitrogen and oxygen atoms in total. The van der Waals surface area contributed by atoms with E-state index in [4.69, 9.17) is 5.73 Å². The second-order valence-corrected chi connectivity index (χ2v) is 7.09. The zero-order chi connectivity index (χ0) is 13.3. The average molecular weight is 267 g/mol. The van der Waals surface area contributed by atoms with Crippen LogP contribution in [0.5, 0.6) is 5.75 Å². The van der Waals surface area contributed by atoms with Crippen LogP contribution in [-0.4, -0.2) is 19.7 Å². The van der Waals surface area contributed by atoms with E-state index in [0.717, 1.165) is 0 Å². The molecule has 0 unspecified atom stereocenters. The quantitative estimate of drug-likeness (QED) is 0.855. The smallest absolute Gasteiger partial charge is 0.405 e. The van der Waals surface area contributed by atoms with Crippen molar-refractivity contribution in [2.24, 2.45) is 5.73 Å². The molecule has 0 aliphatic rings. The SMILES string of the molecule is CP(C)(=O)c1ccc(CN)cc1OC(F)(F)F. The fraction of sp³-hybridized carbons (Fsp3) is 0.400. The second kappa shape index (κ2) is 4.70. The van der Waals surface area contributed by atoms with Gasteiger partial charge < -0.3 is 15.0 Å². The topological polar surface area (TPSA) is 52.3 Å². The molecule has 0 saturated heterocycles. The van der Waals surface area contributed by atoms with E-state index in [1.54, 1.807) is 0 Å². The van der Waals surface area contributed by atoms with E-state index in [-0.39, 0.29) is 11.8 Å². The molecule has 1 aromatic carbocycles. The van der Waals surface area contributed by atoms with E-state index in [1.165, 1.54) is 31.5 Å². The summed E-state index contributed by atoms with van der Waals surface area (Å²) >= 11 is 0. The van der Waals surface area contributed by atoms with Crippen LogP contribution < -0.4 is 15.8 Å². The van der Waals surface area contributed by atoms with Crippen molar-refractivity contribution in [2.45, 2.75) is 12.9 Å². The molecule has 0 fully saturated rings. The Morgan fingerprint density at radius 3 is 2.35 bits per heavy atom. The summed E-state index contributed by atoms with van der Waals surface area (Å²) in [6.07, 6.45) is -4.81. The lowest BCUT2D eigenvalue weighted by Crippen LogP contribution is -2.22. The molecule has 0 amide bonds. The number of rotatable bonds is 3. The van der Waals surface area contributed by atoms with Crippen molar-refractivity contribution in [3.63, 3.8) is 0 Å². The standard InChI is InChI=1S/C10H13F3NO2P/c1-17(2,15)9-4-3-7(6-14)5-8(9)16-10(11,12)13/h3-5H,6,14H2,1-2H3. The van der Waals surface area contributed by atoms with Gasteiger partial charge >= 0.3 is 6.36 Å². The highest BCUT2D eigenvalue weighted by atomic mass is 31.2. The van der Waals surface area contributed by atoms with E-state index >= 15 is 0 Å². The number of nitrogens with two attached hydrogens (primary N) is 1. The highest BCUT2D eigenvalue weighted by Gasteiger charge is 2.33. The van der Waals surface area contributed by atoms with Gasteiger partial charge in [0.05, 0.1) is 5.30 Å². The molecule has 0 aromatic heterocycles. The van der Waals surface area contributed by atoms with Crippen LogP contribution in [0.2, 0.25) is 0 Å². The summed E-state index contributed by atoms with van der Waals surface area (Å²) in [5.74, 6) is -0.436. The number of hydrogen-bond acceptors (Lipinski definition) is 3. The fourth-order valence-corrected chi connectivity index (χ4v) is 2.41. The maximum atomic E-state index is 12.2. The Kier molecular flexibility index (Phi) is 3.89. The van der Waals surface area contributed by atoms with Gasteiger partial charge in [-0.05, 0) is 31.0 Å². The van der Waals surface area contributed by atoms with E-state index in [0.29, 0.717) is 5.56 Å². The van der Waals surface area contributed by atoms with Gasteiger partial charge in [-0.1, -0.05) is 6.07 Å². The Morgan fingerprint density at radius 2 is 1.94 bits per heavy atom. The van der Waals surface area contributed by atoms with Gasteiger partial charge in [-0.25, -0.2) is 0 Å². The van der Waals surface area contributed by atoms with Gasteiger partial charge in [-0.15, -0.1) is 13.2 Å². The highest BCUT2D eigenvalue weighted by Crippen LogP contribution is 2.40. The lowest BCUT2D eigenvalue weighted by atomic mass is 10.2. The molecule has 0 aliphatic heterocycles. The van der Waals surface area contributed by atoms with Gasteiger partial charge in [0.2, 0.25) is 0 Å². The van der Waals surface area contributed by atoms with Crippen LogP contribution in [0.25, 0.3) is 0 Å². The summed E-state index contributed by atoms with van der Waals surface area (Å²) in [6.45, 7) is 2.85. The Labute approximate surface area is 97.1 Å². The minimum absolute atomic E-state index is 0.0621. The first kappa shape index (κ1) is 14.1. The highest BCUT2D eigenvalue weighted by molar-refractivity contribution is 7.70. The normalized spacial score (nSPS) is 12.6. The van der Waals surface area contributed by atoms with Gasteiger partial charge in [0, 0.05) is 6.54 Å². The zero-order valence-corrected chi connectivity index (χ0v) is 10.3. The molecule has 2 N–H and O–H groups in total. The summed E-state index contributed by atoms with van der Waals surface area (Å²) in [6, 6.07) is 4.07. The molecule has 96 valence electrons. The van der Waals surface area contributed by atoms with Crippen LogP contribution in [0.15, 0.2) is 18.2 Å². The van der Waals surface area contributed by atoms with Crippen molar-refractivity contribution in [3.05, 3.63) is 23.8 Å². The second-order valence-electron chi connectivity index (χ2n) is 3.90. The van der Waals surface area contributed by atoms with Crippen molar-refractivity contribution in [1.82, 2.24) is 0 Å². The predicted octanol–water partition coefficient (Wildman–Crippen LogP) is 2.29. The largest absolute Gasteiger partial charge is 0.573 e. The molecule has 7 heteroatoms. The van der Waals surface area contributed by atoms with Gasteiger partial charge in [0.1, 0.15) is 12.9 Å². The molecular formula is C10H13F3NO2P.